The first-order chi connectivity index (χ1) is 11.2. The lowest BCUT2D eigenvalue weighted by molar-refractivity contribution is -0.130. The van der Waals surface area contributed by atoms with Crippen LogP contribution in [-0.2, 0) is 4.79 Å². The molecule has 1 atom stereocenters. The predicted molar refractivity (Wildman–Crippen MR) is 97.0 cm³/mol. The Morgan fingerprint density at radius 2 is 1.48 bits per heavy atom. The summed E-state index contributed by atoms with van der Waals surface area (Å²) in [6, 6.07) is 20.6. The number of anilines is 1. The summed E-state index contributed by atoms with van der Waals surface area (Å²) in [6.07, 6.45) is 0. The number of carbonyl (C=O) groups excluding carboxylic acids is 1. The van der Waals surface area contributed by atoms with E-state index in [2.05, 4.69) is 41.3 Å². The molecule has 120 valence electrons. The van der Waals surface area contributed by atoms with Crippen molar-refractivity contribution < 1.29 is 4.79 Å². The molecule has 23 heavy (non-hydrogen) atoms. The third kappa shape index (κ3) is 4.08. The van der Waals surface area contributed by atoms with Gasteiger partial charge in [-0.25, -0.2) is 0 Å². The fourth-order valence-corrected chi connectivity index (χ4v) is 3.81. The van der Waals surface area contributed by atoms with E-state index in [1.807, 2.05) is 36.1 Å². The average Bonchev–Trinajstić information content (AvgIpc) is 2.63. The topological polar surface area (TPSA) is 23.6 Å². The van der Waals surface area contributed by atoms with Crippen molar-refractivity contribution in [3.63, 3.8) is 0 Å². The van der Waals surface area contributed by atoms with Gasteiger partial charge in [-0.1, -0.05) is 36.4 Å². The van der Waals surface area contributed by atoms with Gasteiger partial charge in [0.2, 0.25) is 5.91 Å². The molecule has 0 aliphatic carbocycles. The maximum absolute atomic E-state index is 12.6. The minimum Gasteiger partial charge on any atom is -0.368 e. The lowest BCUT2D eigenvalue weighted by atomic mass is 10.2. The summed E-state index contributed by atoms with van der Waals surface area (Å²) in [4.78, 5) is 18.1. The molecule has 1 heterocycles. The van der Waals surface area contributed by atoms with Crippen LogP contribution in [0.4, 0.5) is 5.69 Å². The molecule has 0 aromatic heterocycles. The molecule has 3 rings (SSSR count). The molecular formula is C19H22N2OS. The maximum Gasteiger partial charge on any atom is 0.235 e. The fraction of sp³-hybridized carbons (Fsp3) is 0.316. The Kier molecular flexibility index (Phi) is 5.23. The number of benzene rings is 2. The van der Waals surface area contributed by atoms with E-state index in [-0.39, 0.29) is 11.2 Å². The van der Waals surface area contributed by atoms with Crippen LogP contribution >= 0.6 is 11.8 Å². The second-order valence-electron chi connectivity index (χ2n) is 5.72. The van der Waals surface area contributed by atoms with Crippen LogP contribution < -0.4 is 4.90 Å². The van der Waals surface area contributed by atoms with E-state index in [4.69, 9.17) is 0 Å². The second-order valence-corrected chi connectivity index (χ2v) is 7.14. The zero-order valence-electron chi connectivity index (χ0n) is 13.4. The smallest absolute Gasteiger partial charge is 0.235 e. The van der Waals surface area contributed by atoms with Crippen LogP contribution in [0.15, 0.2) is 65.6 Å². The summed E-state index contributed by atoms with van der Waals surface area (Å²) >= 11 is 1.64. The van der Waals surface area contributed by atoms with E-state index in [0.717, 1.165) is 31.1 Å². The molecular weight excluding hydrogens is 304 g/mol. The lowest BCUT2D eigenvalue weighted by Gasteiger charge is -2.37. The predicted octanol–water partition coefficient (Wildman–Crippen LogP) is 3.52. The van der Waals surface area contributed by atoms with Crippen LogP contribution in [0, 0.1) is 0 Å². The van der Waals surface area contributed by atoms with Crippen LogP contribution in [0.25, 0.3) is 0 Å². The Morgan fingerprint density at radius 1 is 0.913 bits per heavy atom. The first-order valence-electron chi connectivity index (χ1n) is 8.04. The van der Waals surface area contributed by atoms with Gasteiger partial charge in [0.25, 0.3) is 0 Å². The molecule has 0 unspecified atom stereocenters. The second kappa shape index (κ2) is 7.55. The molecule has 1 saturated heterocycles. The number of piperazine rings is 1. The standard InChI is InChI=1S/C19H22N2OS/c1-16(23-18-10-6-3-7-11-18)19(22)21-14-12-20(13-15-21)17-8-4-2-5-9-17/h2-11,16H,12-15H2,1H3/t16-/m1/s1. The third-order valence-corrected chi connectivity index (χ3v) is 5.22. The summed E-state index contributed by atoms with van der Waals surface area (Å²) in [5, 5.41) is -0.0410. The molecule has 1 fully saturated rings. The van der Waals surface area contributed by atoms with E-state index in [1.54, 1.807) is 11.8 Å². The molecule has 1 amide bonds. The summed E-state index contributed by atoms with van der Waals surface area (Å²) in [6.45, 7) is 5.40. The summed E-state index contributed by atoms with van der Waals surface area (Å²) in [5.41, 5.74) is 1.24. The number of amides is 1. The molecule has 0 saturated carbocycles. The van der Waals surface area contributed by atoms with Crippen LogP contribution in [0.3, 0.4) is 0 Å². The maximum atomic E-state index is 12.6. The number of rotatable bonds is 4. The number of thioether (sulfide) groups is 1. The molecule has 0 N–H and O–H groups in total. The molecule has 2 aromatic carbocycles. The highest BCUT2D eigenvalue weighted by Crippen LogP contribution is 2.25. The van der Waals surface area contributed by atoms with Crippen molar-refractivity contribution >= 4 is 23.4 Å². The molecule has 0 radical (unpaired) electrons. The van der Waals surface area contributed by atoms with Crippen molar-refractivity contribution in [1.29, 1.82) is 0 Å². The number of carbonyl (C=O) groups is 1. The summed E-state index contributed by atoms with van der Waals surface area (Å²) in [5.74, 6) is 0.242. The SMILES string of the molecule is C[C@@H](Sc1ccccc1)C(=O)N1CCN(c2ccccc2)CC1. The fourth-order valence-electron chi connectivity index (χ4n) is 2.83. The van der Waals surface area contributed by atoms with Crippen LogP contribution in [-0.4, -0.2) is 42.2 Å². The molecule has 0 bridgehead atoms. The van der Waals surface area contributed by atoms with Gasteiger partial charge in [-0.05, 0) is 31.2 Å². The van der Waals surface area contributed by atoms with Crippen LogP contribution in [0.2, 0.25) is 0 Å². The van der Waals surface area contributed by atoms with Crippen LogP contribution in [0.1, 0.15) is 6.92 Å². The van der Waals surface area contributed by atoms with Crippen molar-refractivity contribution in [2.75, 3.05) is 31.1 Å². The highest BCUT2D eigenvalue weighted by atomic mass is 32.2. The number of hydrogen-bond acceptors (Lipinski definition) is 3. The van der Waals surface area contributed by atoms with Crippen molar-refractivity contribution in [3.8, 4) is 0 Å². The number of hydrogen-bond donors (Lipinski definition) is 0. The normalized spacial score (nSPS) is 16.2. The third-order valence-electron chi connectivity index (χ3n) is 4.12. The van der Waals surface area contributed by atoms with E-state index in [1.165, 1.54) is 5.69 Å². The molecule has 3 nitrogen and oxygen atoms in total. The number of para-hydroxylation sites is 1. The Balaban J connectivity index is 1.54. The minimum atomic E-state index is -0.0410. The zero-order chi connectivity index (χ0) is 16.1. The molecule has 4 heteroatoms. The van der Waals surface area contributed by atoms with Crippen molar-refractivity contribution in [3.05, 3.63) is 60.7 Å². The summed E-state index contributed by atoms with van der Waals surface area (Å²) in [7, 11) is 0. The minimum absolute atomic E-state index is 0.0410. The highest BCUT2D eigenvalue weighted by molar-refractivity contribution is 8.00. The Bertz CT molecular complexity index is 624. The van der Waals surface area contributed by atoms with Crippen molar-refractivity contribution in [2.45, 2.75) is 17.1 Å². The average molecular weight is 326 g/mol. The quantitative estimate of drug-likeness (QED) is 0.803. The molecule has 2 aromatic rings. The van der Waals surface area contributed by atoms with Gasteiger partial charge in [0, 0.05) is 36.8 Å². The molecule has 1 aliphatic heterocycles. The Hall–Kier alpha value is -1.94. The van der Waals surface area contributed by atoms with E-state index >= 15 is 0 Å². The first-order valence-corrected chi connectivity index (χ1v) is 8.92. The Labute approximate surface area is 142 Å². The van der Waals surface area contributed by atoms with Crippen molar-refractivity contribution in [2.24, 2.45) is 0 Å². The van der Waals surface area contributed by atoms with Gasteiger partial charge in [0.15, 0.2) is 0 Å². The summed E-state index contributed by atoms with van der Waals surface area (Å²) < 4.78 is 0. The van der Waals surface area contributed by atoms with Gasteiger partial charge >= 0.3 is 0 Å². The van der Waals surface area contributed by atoms with Gasteiger partial charge in [-0.2, -0.15) is 0 Å². The zero-order valence-corrected chi connectivity index (χ0v) is 14.2. The van der Waals surface area contributed by atoms with Crippen LogP contribution in [0.5, 0.6) is 0 Å². The van der Waals surface area contributed by atoms with E-state index in [9.17, 15) is 4.79 Å². The lowest BCUT2D eigenvalue weighted by Crippen LogP contribution is -2.50. The van der Waals surface area contributed by atoms with Gasteiger partial charge in [0.05, 0.1) is 5.25 Å². The monoisotopic (exact) mass is 326 g/mol. The largest absolute Gasteiger partial charge is 0.368 e. The Morgan fingerprint density at radius 3 is 2.09 bits per heavy atom. The van der Waals surface area contributed by atoms with E-state index in [0.29, 0.717) is 0 Å². The van der Waals surface area contributed by atoms with Gasteiger partial charge in [-0.3, -0.25) is 4.79 Å². The molecule has 0 spiro atoms. The van der Waals surface area contributed by atoms with E-state index < -0.39 is 0 Å². The van der Waals surface area contributed by atoms with Gasteiger partial charge in [0.1, 0.15) is 0 Å². The van der Waals surface area contributed by atoms with Gasteiger partial charge < -0.3 is 9.80 Å². The first kappa shape index (κ1) is 15.9. The molecule has 1 aliphatic rings. The van der Waals surface area contributed by atoms with Gasteiger partial charge in [-0.15, -0.1) is 11.8 Å². The highest BCUT2D eigenvalue weighted by Gasteiger charge is 2.25. The van der Waals surface area contributed by atoms with Crippen molar-refractivity contribution in [1.82, 2.24) is 4.90 Å². The number of nitrogens with zero attached hydrogens (tertiary/aromatic N) is 2.